The highest BCUT2D eigenvalue weighted by Gasteiger charge is 2.05. The maximum Gasteiger partial charge on any atom is 0.0682 e. The number of hydrogen-bond acceptors (Lipinski definition) is 3. The average molecular weight is 152 g/mol. The minimum atomic E-state index is 0.969. The molecule has 1 aliphatic heterocycles. The SMILES string of the molecule is C1=CNN(c2ccsc2)C1. The first-order valence-corrected chi connectivity index (χ1v) is 4.12. The molecular formula is C7H8N2S. The van der Waals surface area contributed by atoms with E-state index in [4.69, 9.17) is 0 Å². The van der Waals surface area contributed by atoms with E-state index >= 15 is 0 Å². The molecule has 52 valence electrons. The van der Waals surface area contributed by atoms with E-state index in [-0.39, 0.29) is 0 Å². The van der Waals surface area contributed by atoms with Gasteiger partial charge in [-0.05, 0) is 17.5 Å². The molecule has 0 fully saturated rings. The van der Waals surface area contributed by atoms with Gasteiger partial charge in [0.25, 0.3) is 0 Å². The van der Waals surface area contributed by atoms with Crippen LogP contribution in [0.1, 0.15) is 0 Å². The molecule has 0 saturated heterocycles. The first-order valence-electron chi connectivity index (χ1n) is 3.18. The maximum absolute atomic E-state index is 3.12. The van der Waals surface area contributed by atoms with E-state index in [0.29, 0.717) is 0 Å². The molecule has 0 atom stereocenters. The molecule has 10 heavy (non-hydrogen) atoms. The number of hydrogen-bond donors (Lipinski definition) is 1. The lowest BCUT2D eigenvalue weighted by Crippen LogP contribution is -2.28. The summed E-state index contributed by atoms with van der Waals surface area (Å²) < 4.78 is 0. The Morgan fingerprint density at radius 2 is 2.60 bits per heavy atom. The van der Waals surface area contributed by atoms with Crippen LogP contribution in [0.5, 0.6) is 0 Å². The van der Waals surface area contributed by atoms with E-state index < -0.39 is 0 Å². The van der Waals surface area contributed by atoms with Crippen molar-refractivity contribution in [2.75, 3.05) is 11.6 Å². The molecule has 1 aromatic rings. The Hall–Kier alpha value is -0.960. The number of rotatable bonds is 1. The molecule has 0 aliphatic carbocycles. The average Bonchev–Trinajstić information content (AvgIpc) is 2.59. The summed E-state index contributed by atoms with van der Waals surface area (Å²) in [6.07, 6.45) is 4.05. The summed E-state index contributed by atoms with van der Waals surface area (Å²) in [7, 11) is 0. The largest absolute Gasteiger partial charge is 0.306 e. The van der Waals surface area contributed by atoms with Gasteiger partial charge in [0.2, 0.25) is 0 Å². The molecule has 3 heteroatoms. The highest BCUT2D eigenvalue weighted by Crippen LogP contribution is 2.17. The third kappa shape index (κ3) is 0.885. The number of hydrazine groups is 1. The maximum atomic E-state index is 3.12. The summed E-state index contributed by atoms with van der Waals surface area (Å²) in [6, 6.07) is 2.10. The normalized spacial score (nSPS) is 15.8. The fourth-order valence-electron chi connectivity index (χ4n) is 0.944. The van der Waals surface area contributed by atoms with Gasteiger partial charge in [-0.25, -0.2) is 0 Å². The Morgan fingerprint density at radius 1 is 1.60 bits per heavy atom. The van der Waals surface area contributed by atoms with Gasteiger partial charge >= 0.3 is 0 Å². The van der Waals surface area contributed by atoms with E-state index in [1.54, 1.807) is 11.3 Å². The molecule has 2 heterocycles. The highest BCUT2D eigenvalue weighted by atomic mass is 32.1. The fraction of sp³-hybridized carbons (Fsp3) is 0.143. The summed E-state index contributed by atoms with van der Waals surface area (Å²) in [6.45, 7) is 0.969. The van der Waals surface area contributed by atoms with Crippen LogP contribution in [0.4, 0.5) is 5.69 Å². The van der Waals surface area contributed by atoms with E-state index in [1.165, 1.54) is 5.69 Å². The molecule has 2 rings (SSSR count). The lowest BCUT2D eigenvalue weighted by atomic mass is 10.5. The number of anilines is 1. The van der Waals surface area contributed by atoms with Crippen molar-refractivity contribution in [3.63, 3.8) is 0 Å². The quantitative estimate of drug-likeness (QED) is 0.657. The van der Waals surface area contributed by atoms with Crippen molar-refractivity contribution >= 4 is 17.0 Å². The third-order valence-electron chi connectivity index (χ3n) is 1.45. The minimum Gasteiger partial charge on any atom is -0.306 e. The Kier molecular flexibility index (Phi) is 1.36. The number of nitrogens with one attached hydrogen (secondary N) is 1. The lowest BCUT2D eigenvalue weighted by Gasteiger charge is -2.15. The molecule has 0 unspecified atom stereocenters. The zero-order chi connectivity index (χ0) is 6.81. The van der Waals surface area contributed by atoms with Gasteiger partial charge < -0.3 is 5.43 Å². The third-order valence-corrected chi connectivity index (χ3v) is 2.12. The Labute approximate surface area is 63.8 Å². The number of thiophene rings is 1. The zero-order valence-electron chi connectivity index (χ0n) is 5.45. The second kappa shape index (κ2) is 2.34. The molecule has 1 aliphatic rings. The molecule has 0 aromatic carbocycles. The van der Waals surface area contributed by atoms with Gasteiger partial charge in [0.05, 0.1) is 12.2 Å². The zero-order valence-corrected chi connectivity index (χ0v) is 6.27. The molecule has 1 aromatic heterocycles. The molecular weight excluding hydrogens is 144 g/mol. The summed E-state index contributed by atoms with van der Waals surface area (Å²) in [5, 5.41) is 6.30. The highest BCUT2D eigenvalue weighted by molar-refractivity contribution is 7.08. The van der Waals surface area contributed by atoms with Crippen molar-refractivity contribution < 1.29 is 0 Å². The number of nitrogens with zero attached hydrogens (tertiary/aromatic N) is 1. The van der Waals surface area contributed by atoms with Gasteiger partial charge in [0.1, 0.15) is 0 Å². The van der Waals surface area contributed by atoms with Crippen molar-refractivity contribution in [1.82, 2.24) is 5.43 Å². The van der Waals surface area contributed by atoms with Crippen LogP contribution in [0.25, 0.3) is 0 Å². The standard InChI is InChI=1S/C7H8N2S/c1-3-8-9(4-1)7-2-5-10-6-7/h1-3,5-6,8H,4H2. The van der Waals surface area contributed by atoms with Crippen molar-refractivity contribution in [2.24, 2.45) is 0 Å². The van der Waals surface area contributed by atoms with Crippen molar-refractivity contribution in [3.8, 4) is 0 Å². The Balaban J connectivity index is 2.14. The van der Waals surface area contributed by atoms with E-state index in [1.807, 2.05) is 6.20 Å². The summed E-state index contributed by atoms with van der Waals surface area (Å²) in [5.74, 6) is 0. The molecule has 0 bridgehead atoms. The van der Waals surface area contributed by atoms with Crippen molar-refractivity contribution in [1.29, 1.82) is 0 Å². The summed E-state index contributed by atoms with van der Waals surface area (Å²) in [4.78, 5) is 0. The second-order valence-electron chi connectivity index (χ2n) is 2.12. The van der Waals surface area contributed by atoms with Crippen LogP contribution in [-0.4, -0.2) is 6.54 Å². The van der Waals surface area contributed by atoms with Gasteiger partial charge in [-0.3, -0.25) is 5.01 Å². The van der Waals surface area contributed by atoms with Gasteiger partial charge in [-0.15, -0.1) is 0 Å². The van der Waals surface area contributed by atoms with Crippen LogP contribution in [0, 0.1) is 0 Å². The monoisotopic (exact) mass is 152 g/mol. The first-order chi connectivity index (χ1) is 4.97. The first kappa shape index (κ1) is 5.80. The lowest BCUT2D eigenvalue weighted by molar-refractivity contribution is 0.843. The molecule has 0 amide bonds. The van der Waals surface area contributed by atoms with Crippen molar-refractivity contribution in [3.05, 3.63) is 29.1 Å². The van der Waals surface area contributed by atoms with E-state index in [9.17, 15) is 0 Å². The topological polar surface area (TPSA) is 15.3 Å². The molecule has 0 spiro atoms. The molecule has 2 nitrogen and oxygen atoms in total. The molecule has 0 saturated carbocycles. The smallest absolute Gasteiger partial charge is 0.0682 e. The predicted octanol–water partition coefficient (Wildman–Crippen LogP) is 1.59. The van der Waals surface area contributed by atoms with Crippen molar-refractivity contribution in [2.45, 2.75) is 0 Å². The Bertz CT molecular complexity index is 220. The molecule has 0 radical (unpaired) electrons. The van der Waals surface area contributed by atoms with Gasteiger partial charge in [-0.2, -0.15) is 11.3 Å². The van der Waals surface area contributed by atoms with Gasteiger partial charge in [-0.1, -0.05) is 0 Å². The van der Waals surface area contributed by atoms with Crippen LogP contribution in [0.3, 0.4) is 0 Å². The second-order valence-corrected chi connectivity index (χ2v) is 2.90. The van der Waals surface area contributed by atoms with Crippen LogP contribution in [-0.2, 0) is 0 Å². The summed E-state index contributed by atoms with van der Waals surface area (Å²) in [5.41, 5.74) is 4.36. The minimum absolute atomic E-state index is 0.969. The van der Waals surface area contributed by atoms with E-state index in [2.05, 4.69) is 33.3 Å². The fourth-order valence-corrected chi connectivity index (χ4v) is 1.59. The van der Waals surface area contributed by atoms with Gasteiger partial charge in [0, 0.05) is 11.6 Å². The van der Waals surface area contributed by atoms with Crippen LogP contribution >= 0.6 is 11.3 Å². The Morgan fingerprint density at radius 3 is 3.20 bits per heavy atom. The summed E-state index contributed by atoms with van der Waals surface area (Å²) >= 11 is 1.72. The predicted molar refractivity (Wildman–Crippen MR) is 43.9 cm³/mol. The van der Waals surface area contributed by atoms with Crippen LogP contribution < -0.4 is 10.4 Å². The van der Waals surface area contributed by atoms with Crippen LogP contribution in [0.2, 0.25) is 0 Å². The van der Waals surface area contributed by atoms with E-state index in [0.717, 1.165) is 6.54 Å². The van der Waals surface area contributed by atoms with Crippen LogP contribution in [0.15, 0.2) is 29.1 Å². The molecule has 1 N–H and O–H groups in total. The van der Waals surface area contributed by atoms with Gasteiger partial charge in [0.15, 0.2) is 0 Å².